The zero-order valence-electron chi connectivity index (χ0n) is 11.4. The average Bonchev–Trinajstić information content (AvgIpc) is 2.36. The van der Waals surface area contributed by atoms with E-state index in [0.29, 0.717) is 6.42 Å². The number of hydrogen-bond donors (Lipinski definition) is 1. The minimum Gasteiger partial charge on any atom is -0.493 e. The van der Waals surface area contributed by atoms with E-state index in [4.69, 9.17) is 10.00 Å². The van der Waals surface area contributed by atoms with Crippen LogP contribution in [0.25, 0.3) is 0 Å². The number of hydrogen-bond acceptors (Lipinski definition) is 3. The van der Waals surface area contributed by atoms with Crippen LogP contribution in [-0.4, -0.2) is 18.7 Å². The molecule has 1 aromatic rings. The molecule has 1 atom stereocenters. The summed E-state index contributed by atoms with van der Waals surface area (Å²) in [5.74, 6) is -0.207. The van der Waals surface area contributed by atoms with E-state index in [1.807, 2.05) is 13.8 Å². The molecule has 0 amide bonds. The molecule has 0 aromatic heterocycles. The largest absolute Gasteiger partial charge is 0.493 e. The first-order valence-corrected chi connectivity index (χ1v) is 6.29. The van der Waals surface area contributed by atoms with E-state index < -0.39 is 17.8 Å². The van der Waals surface area contributed by atoms with Gasteiger partial charge in [0, 0.05) is 12.5 Å². The molecule has 0 heterocycles. The lowest BCUT2D eigenvalue weighted by molar-refractivity contribution is -0.138. The van der Waals surface area contributed by atoms with Gasteiger partial charge < -0.3 is 4.74 Å². The molecule has 0 bridgehead atoms. The second kappa shape index (κ2) is 7.15. The summed E-state index contributed by atoms with van der Waals surface area (Å²) in [7, 11) is 0. The van der Waals surface area contributed by atoms with Crippen molar-refractivity contribution in [2.24, 2.45) is 0 Å². The number of ether oxygens (including phenoxy) is 1. The van der Waals surface area contributed by atoms with Gasteiger partial charge in [0.15, 0.2) is 0 Å². The first-order chi connectivity index (χ1) is 9.34. The lowest BCUT2D eigenvalue weighted by atomic mass is 10.2. The highest BCUT2D eigenvalue weighted by Gasteiger charge is 2.33. The summed E-state index contributed by atoms with van der Waals surface area (Å²) >= 11 is 0. The van der Waals surface area contributed by atoms with Crippen LogP contribution < -0.4 is 10.1 Å². The van der Waals surface area contributed by atoms with Gasteiger partial charge in [0.2, 0.25) is 0 Å². The number of nitrogens with zero attached hydrogens (tertiary/aromatic N) is 1. The Labute approximate surface area is 116 Å². The first-order valence-electron chi connectivity index (χ1n) is 6.29. The van der Waals surface area contributed by atoms with Gasteiger partial charge in [-0.15, -0.1) is 0 Å². The summed E-state index contributed by atoms with van der Waals surface area (Å²) in [6, 6.07) is 6.79. The summed E-state index contributed by atoms with van der Waals surface area (Å²) in [5, 5.41) is 11.9. The van der Waals surface area contributed by atoms with Crippen LogP contribution in [0.15, 0.2) is 24.3 Å². The molecule has 20 heavy (non-hydrogen) atoms. The topological polar surface area (TPSA) is 45.0 Å². The van der Waals surface area contributed by atoms with E-state index in [0.717, 1.165) is 6.07 Å². The fraction of sp³-hybridized carbons (Fsp3) is 0.500. The van der Waals surface area contributed by atoms with Crippen molar-refractivity contribution >= 4 is 0 Å². The lowest BCUT2D eigenvalue weighted by Crippen LogP contribution is -2.34. The molecule has 0 saturated heterocycles. The van der Waals surface area contributed by atoms with Gasteiger partial charge in [-0.2, -0.15) is 18.4 Å². The molecule has 0 fully saturated rings. The van der Waals surface area contributed by atoms with Crippen molar-refractivity contribution in [1.29, 1.82) is 5.26 Å². The number of rotatable bonds is 6. The number of benzene rings is 1. The summed E-state index contributed by atoms with van der Waals surface area (Å²) < 4.78 is 43.3. The number of para-hydroxylation sites is 1. The Morgan fingerprint density at radius 1 is 1.30 bits per heavy atom. The van der Waals surface area contributed by atoms with Crippen LogP contribution in [0.1, 0.15) is 25.8 Å². The number of nitriles is 1. The molecule has 0 aliphatic carbocycles. The van der Waals surface area contributed by atoms with Gasteiger partial charge in [0.1, 0.15) is 5.75 Å². The smallest absolute Gasteiger partial charge is 0.419 e. The van der Waals surface area contributed by atoms with Crippen LogP contribution in [-0.2, 0) is 6.18 Å². The third-order valence-corrected chi connectivity index (χ3v) is 2.55. The maximum atomic E-state index is 12.7. The van der Waals surface area contributed by atoms with Gasteiger partial charge in [0.05, 0.1) is 24.3 Å². The van der Waals surface area contributed by atoms with Crippen LogP contribution in [0, 0.1) is 11.3 Å². The molecule has 110 valence electrons. The Morgan fingerprint density at radius 2 is 1.95 bits per heavy atom. The quantitative estimate of drug-likeness (QED) is 0.872. The molecular weight excluding hydrogens is 269 g/mol. The molecule has 1 unspecified atom stereocenters. The maximum absolute atomic E-state index is 12.7. The van der Waals surface area contributed by atoms with Crippen molar-refractivity contribution < 1.29 is 17.9 Å². The second-order valence-corrected chi connectivity index (χ2v) is 4.63. The van der Waals surface area contributed by atoms with Gasteiger partial charge in [-0.1, -0.05) is 12.1 Å². The van der Waals surface area contributed by atoms with Crippen molar-refractivity contribution in [2.45, 2.75) is 38.5 Å². The molecular formula is C14H17F3N2O. The van der Waals surface area contributed by atoms with E-state index in [-0.39, 0.29) is 18.4 Å². The average molecular weight is 286 g/mol. The van der Waals surface area contributed by atoms with Gasteiger partial charge in [-0.3, -0.25) is 5.32 Å². The molecule has 0 spiro atoms. The second-order valence-electron chi connectivity index (χ2n) is 4.63. The Balaban J connectivity index is 2.61. The molecule has 0 radical (unpaired) electrons. The van der Waals surface area contributed by atoms with E-state index in [2.05, 4.69) is 11.4 Å². The Hall–Kier alpha value is -1.74. The Morgan fingerprint density at radius 3 is 2.50 bits per heavy atom. The van der Waals surface area contributed by atoms with Crippen molar-refractivity contribution in [3.63, 3.8) is 0 Å². The highest BCUT2D eigenvalue weighted by atomic mass is 19.4. The number of alkyl halides is 3. The van der Waals surface area contributed by atoms with E-state index in [1.54, 1.807) is 0 Å². The van der Waals surface area contributed by atoms with E-state index in [1.165, 1.54) is 18.2 Å². The minimum atomic E-state index is -4.44. The Kier molecular flexibility index (Phi) is 5.83. The third kappa shape index (κ3) is 5.10. The zero-order chi connectivity index (χ0) is 15.2. The van der Waals surface area contributed by atoms with Crippen molar-refractivity contribution in [2.75, 3.05) is 6.61 Å². The fourth-order valence-corrected chi connectivity index (χ4v) is 1.70. The Bertz CT molecular complexity index is 466. The molecule has 1 rings (SSSR count). The van der Waals surface area contributed by atoms with Crippen LogP contribution in [0.2, 0.25) is 0 Å². The molecule has 0 aliphatic rings. The molecule has 0 aliphatic heterocycles. The monoisotopic (exact) mass is 286 g/mol. The van der Waals surface area contributed by atoms with Gasteiger partial charge in [-0.25, -0.2) is 0 Å². The lowest BCUT2D eigenvalue weighted by Gasteiger charge is -2.16. The predicted molar refractivity (Wildman–Crippen MR) is 69.2 cm³/mol. The normalized spacial score (nSPS) is 13.1. The van der Waals surface area contributed by atoms with Crippen molar-refractivity contribution in [3.05, 3.63) is 29.8 Å². The first kappa shape index (κ1) is 16.3. The number of halogens is 3. The summed E-state index contributed by atoms with van der Waals surface area (Å²) in [6.07, 6.45) is -4.12. The maximum Gasteiger partial charge on any atom is 0.419 e. The highest BCUT2D eigenvalue weighted by Crippen LogP contribution is 2.35. The standard InChI is InChI=1S/C14H17F3N2O/c1-10(2)19-11(9-18)7-8-20-13-6-4-3-5-12(13)14(15,16)17/h3-6,10-11,19H,7-8H2,1-2H3. The van der Waals surface area contributed by atoms with Crippen molar-refractivity contribution in [3.8, 4) is 11.8 Å². The number of nitrogens with one attached hydrogen (secondary N) is 1. The third-order valence-electron chi connectivity index (χ3n) is 2.55. The molecule has 3 nitrogen and oxygen atoms in total. The predicted octanol–water partition coefficient (Wildman–Crippen LogP) is 3.36. The molecule has 1 aromatic carbocycles. The van der Waals surface area contributed by atoms with Crippen LogP contribution in [0.3, 0.4) is 0 Å². The van der Waals surface area contributed by atoms with Crippen molar-refractivity contribution in [1.82, 2.24) is 5.32 Å². The van der Waals surface area contributed by atoms with Crippen LogP contribution >= 0.6 is 0 Å². The summed E-state index contributed by atoms with van der Waals surface area (Å²) in [6.45, 7) is 3.83. The zero-order valence-corrected chi connectivity index (χ0v) is 11.4. The fourth-order valence-electron chi connectivity index (χ4n) is 1.70. The summed E-state index contributed by atoms with van der Waals surface area (Å²) in [5.41, 5.74) is -0.801. The van der Waals surface area contributed by atoms with Gasteiger partial charge in [0.25, 0.3) is 0 Å². The van der Waals surface area contributed by atoms with Gasteiger partial charge in [-0.05, 0) is 26.0 Å². The van der Waals surface area contributed by atoms with E-state index >= 15 is 0 Å². The van der Waals surface area contributed by atoms with Gasteiger partial charge >= 0.3 is 6.18 Å². The molecule has 0 saturated carbocycles. The molecule has 1 N–H and O–H groups in total. The SMILES string of the molecule is CC(C)NC(C#N)CCOc1ccccc1C(F)(F)F. The minimum absolute atomic E-state index is 0.0467. The van der Waals surface area contributed by atoms with Crippen LogP contribution in [0.5, 0.6) is 5.75 Å². The molecule has 6 heteroatoms. The summed E-state index contributed by atoms with van der Waals surface area (Å²) in [4.78, 5) is 0. The van der Waals surface area contributed by atoms with Crippen LogP contribution in [0.4, 0.5) is 13.2 Å². The highest BCUT2D eigenvalue weighted by molar-refractivity contribution is 5.35. The van der Waals surface area contributed by atoms with E-state index in [9.17, 15) is 13.2 Å².